The Labute approximate surface area is 422 Å². The topological polar surface area (TPSA) is 0 Å². The van der Waals surface area contributed by atoms with Crippen LogP contribution in [0.4, 0.5) is 0 Å². The number of allylic oxidation sites excluding steroid dienone is 3. The Hall–Kier alpha value is -8.84. The molecule has 0 atom stereocenters. The van der Waals surface area contributed by atoms with Crippen LogP contribution < -0.4 is 0 Å². The highest BCUT2D eigenvalue weighted by Crippen LogP contribution is 2.61. The molecule has 0 fully saturated rings. The maximum Gasteiger partial charge on any atom is -0.000705 e. The third-order valence-corrected chi connectivity index (χ3v) is 15.7. The van der Waals surface area contributed by atoms with Crippen LogP contribution in [0.5, 0.6) is 0 Å². The van der Waals surface area contributed by atoms with Gasteiger partial charge in [0.05, 0.1) is 0 Å². The minimum Gasteiger partial charge on any atom is -0.0683 e. The predicted octanol–water partition coefficient (Wildman–Crippen LogP) is 19.5. The van der Waals surface area contributed by atoms with Gasteiger partial charge in [0, 0.05) is 0 Å². The van der Waals surface area contributed by atoms with Crippen LogP contribution >= 0.6 is 0 Å². The third-order valence-electron chi connectivity index (χ3n) is 15.7. The largest absolute Gasteiger partial charge is 0.0683 e. The number of fused-ring (bicyclic) bond motifs is 9. The monoisotopic (exact) mass is 914 g/mol. The Bertz CT molecular complexity index is 4060. The van der Waals surface area contributed by atoms with E-state index < -0.39 is 0 Å². The average molecular weight is 915 g/mol. The lowest BCUT2D eigenvalue weighted by molar-refractivity contribution is 1.20. The van der Waals surface area contributed by atoms with E-state index >= 15 is 0 Å². The summed E-state index contributed by atoms with van der Waals surface area (Å²) in [5.41, 5.74) is 34.1. The molecule has 4 aliphatic carbocycles. The van der Waals surface area contributed by atoms with Gasteiger partial charge in [0.25, 0.3) is 0 Å². The zero-order valence-electron chi connectivity index (χ0n) is 40.5. The highest BCUT2D eigenvalue weighted by Gasteiger charge is 2.37. The molecule has 0 radical (unpaired) electrons. The standard InChI is InChI=1S/C70H44.C2H6/c1-5-17-43(18-6-1)41-47-25-13-14-27-50(47)56-35-31-52(46-23-11-4-12-24-46)67-61-40-37-58-55-34-39-60-64-59(30-29-48(42-63(55)64)53-33-38-62(68(56)67)70(61)65(53)58)66-51(45-21-9-3-10-22-45)32-36-57(69(60)66)54-28-16-15-26-49(54)44-19-7-2-8-20-44;1-2/h1-40H,41-42H2;1-2H3. The first-order valence-corrected chi connectivity index (χ1v) is 25.7. The lowest BCUT2D eigenvalue weighted by Crippen LogP contribution is -1.96. The predicted molar refractivity (Wildman–Crippen MR) is 306 cm³/mol. The first-order valence-electron chi connectivity index (χ1n) is 25.7. The molecule has 0 heteroatoms. The van der Waals surface area contributed by atoms with Crippen LogP contribution in [-0.2, 0) is 12.8 Å². The summed E-state index contributed by atoms with van der Waals surface area (Å²) in [5, 5.41) is 2.74. The molecular weight excluding hydrogens is 865 g/mol. The van der Waals surface area contributed by atoms with Gasteiger partial charge in [-0.25, -0.2) is 0 Å². The third kappa shape index (κ3) is 6.32. The van der Waals surface area contributed by atoms with Crippen LogP contribution in [0.2, 0.25) is 0 Å². The Morgan fingerprint density at radius 2 is 0.708 bits per heavy atom. The zero-order chi connectivity index (χ0) is 47.9. The van der Waals surface area contributed by atoms with Crippen molar-refractivity contribution in [1.29, 1.82) is 0 Å². The summed E-state index contributed by atoms with van der Waals surface area (Å²) in [6.45, 7) is 4.00. The Morgan fingerprint density at radius 1 is 0.278 bits per heavy atom. The van der Waals surface area contributed by atoms with E-state index in [0.29, 0.717) is 0 Å². The van der Waals surface area contributed by atoms with Gasteiger partial charge in [-0.15, -0.1) is 0 Å². The summed E-state index contributed by atoms with van der Waals surface area (Å²) in [6, 6.07) is 86.1. The number of rotatable bonds is 7. The highest BCUT2D eigenvalue weighted by atomic mass is 14.4. The van der Waals surface area contributed by atoms with Crippen molar-refractivity contribution >= 4 is 21.9 Å². The van der Waals surface area contributed by atoms with E-state index in [1.54, 1.807) is 0 Å². The number of hydrogen-bond acceptors (Lipinski definition) is 0. The Balaban J connectivity index is 0.00000238. The summed E-state index contributed by atoms with van der Waals surface area (Å²) in [6.07, 6.45) is 6.68. The second kappa shape index (κ2) is 16.9. The van der Waals surface area contributed by atoms with Gasteiger partial charge < -0.3 is 0 Å². The fourth-order valence-corrected chi connectivity index (χ4v) is 12.7. The fourth-order valence-electron chi connectivity index (χ4n) is 12.7. The summed E-state index contributed by atoms with van der Waals surface area (Å²) in [7, 11) is 0. The summed E-state index contributed by atoms with van der Waals surface area (Å²) in [5.74, 6) is 0. The molecule has 0 unspecified atom stereocenters. The zero-order valence-corrected chi connectivity index (χ0v) is 40.5. The SMILES string of the molecule is C1=C2c3c(ccc4c3CC(=C1)c1ccc3c5c(ccc-4c15)-c1c(-c4ccccc4)ccc(-c4ccccc4Cc4ccccc4)c1-3)-c1c(-c3ccccc3-c3ccccc3)ccc(-c3ccccc3)c12.CC. The average Bonchev–Trinajstić information content (AvgIpc) is 3.84. The molecule has 11 aromatic carbocycles. The van der Waals surface area contributed by atoms with Crippen molar-refractivity contribution in [3.05, 3.63) is 276 Å². The van der Waals surface area contributed by atoms with E-state index in [1.165, 1.54) is 155 Å². The van der Waals surface area contributed by atoms with Crippen LogP contribution in [0.15, 0.2) is 243 Å². The van der Waals surface area contributed by atoms with Gasteiger partial charge in [0.15, 0.2) is 0 Å². The summed E-state index contributed by atoms with van der Waals surface area (Å²) < 4.78 is 0. The number of hydrogen-bond donors (Lipinski definition) is 0. The van der Waals surface area contributed by atoms with Crippen molar-refractivity contribution < 1.29 is 0 Å². The molecule has 0 spiro atoms. The van der Waals surface area contributed by atoms with E-state index in [0.717, 1.165) is 12.8 Å². The first-order chi connectivity index (χ1) is 35.8. The highest BCUT2D eigenvalue weighted by molar-refractivity contribution is 6.26. The van der Waals surface area contributed by atoms with E-state index in [4.69, 9.17) is 0 Å². The number of benzene rings is 11. The molecule has 0 saturated heterocycles. The minimum atomic E-state index is 0.863. The molecule has 0 heterocycles. The molecule has 72 heavy (non-hydrogen) atoms. The van der Waals surface area contributed by atoms with E-state index in [-0.39, 0.29) is 0 Å². The first kappa shape index (κ1) is 42.1. The fraction of sp³-hybridized carbons (Fsp3) is 0.0556. The van der Waals surface area contributed by atoms with Crippen molar-refractivity contribution in [2.75, 3.05) is 0 Å². The Kier molecular flexibility index (Phi) is 9.90. The maximum atomic E-state index is 2.47. The van der Waals surface area contributed by atoms with Gasteiger partial charge in [-0.1, -0.05) is 257 Å². The van der Waals surface area contributed by atoms with Crippen LogP contribution in [-0.4, -0.2) is 0 Å². The lowest BCUT2D eigenvalue weighted by Gasteiger charge is -2.18. The van der Waals surface area contributed by atoms with Crippen molar-refractivity contribution in [2.45, 2.75) is 26.7 Å². The Morgan fingerprint density at radius 3 is 1.38 bits per heavy atom. The van der Waals surface area contributed by atoms with E-state index in [9.17, 15) is 0 Å². The van der Waals surface area contributed by atoms with E-state index in [2.05, 4.69) is 243 Å². The van der Waals surface area contributed by atoms with Gasteiger partial charge >= 0.3 is 0 Å². The molecule has 0 nitrogen and oxygen atoms in total. The normalized spacial score (nSPS) is 12.8. The molecule has 0 amide bonds. The van der Waals surface area contributed by atoms with Gasteiger partial charge in [-0.05, 0) is 168 Å². The van der Waals surface area contributed by atoms with Crippen LogP contribution in [0, 0.1) is 0 Å². The smallest absolute Gasteiger partial charge is 0.000705 e. The summed E-state index contributed by atoms with van der Waals surface area (Å²) >= 11 is 0. The van der Waals surface area contributed by atoms with Crippen LogP contribution in [0.1, 0.15) is 47.2 Å². The molecular formula is C72H50. The van der Waals surface area contributed by atoms with Crippen molar-refractivity contribution in [3.63, 3.8) is 0 Å². The molecule has 4 aliphatic rings. The van der Waals surface area contributed by atoms with Crippen molar-refractivity contribution in [1.82, 2.24) is 0 Å². The molecule has 338 valence electrons. The molecule has 15 rings (SSSR count). The van der Waals surface area contributed by atoms with E-state index in [1.807, 2.05) is 13.8 Å². The molecule has 0 aliphatic heterocycles. The second-order valence-corrected chi connectivity index (χ2v) is 19.3. The van der Waals surface area contributed by atoms with Gasteiger partial charge in [-0.2, -0.15) is 0 Å². The molecule has 0 saturated carbocycles. The summed E-state index contributed by atoms with van der Waals surface area (Å²) in [4.78, 5) is 0. The quantitative estimate of drug-likeness (QED) is 0.149. The van der Waals surface area contributed by atoms with Gasteiger partial charge in [0.2, 0.25) is 0 Å². The van der Waals surface area contributed by atoms with Crippen molar-refractivity contribution in [3.8, 4) is 100 Å². The van der Waals surface area contributed by atoms with Crippen LogP contribution in [0.3, 0.4) is 0 Å². The van der Waals surface area contributed by atoms with Gasteiger partial charge in [-0.3, -0.25) is 0 Å². The second-order valence-electron chi connectivity index (χ2n) is 19.3. The molecule has 0 N–H and O–H groups in total. The molecule has 11 aromatic rings. The van der Waals surface area contributed by atoms with Crippen LogP contribution in [0.25, 0.3) is 122 Å². The lowest BCUT2D eigenvalue weighted by atomic mass is 9.85. The van der Waals surface area contributed by atoms with Gasteiger partial charge in [0.1, 0.15) is 0 Å². The minimum absolute atomic E-state index is 0.863. The molecule has 2 bridgehead atoms. The maximum absolute atomic E-state index is 2.47. The molecule has 0 aromatic heterocycles. The van der Waals surface area contributed by atoms with Crippen molar-refractivity contribution in [2.24, 2.45) is 0 Å².